The molecule has 0 radical (unpaired) electrons. The van der Waals surface area contributed by atoms with Gasteiger partial charge >= 0.3 is 0 Å². The minimum atomic E-state index is -0.916. The molecule has 4 heteroatoms. The molecule has 1 fully saturated rings. The highest BCUT2D eigenvalue weighted by Crippen LogP contribution is 2.34. The van der Waals surface area contributed by atoms with E-state index in [-0.39, 0.29) is 5.54 Å². The first-order valence-electron chi connectivity index (χ1n) is 6.44. The summed E-state index contributed by atoms with van der Waals surface area (Å²) in [6, 6.07) is 3.53. The number of rotatable bonds is 5. The lowest BCUT2D eigenvalue weighted by atomic mass is 9.75. The van der Waals surface area contributed by atoms with E-state index in [0.717, 1.165) is 31.4 Å². The fraction of sp³-hybridized carbons (Fsp3) is 0.571. The molecular weight excluding hydrogens is 236 g/mol. The number of hydrogen-bond acceptors (Lipinski definition) is 2. The summed E-state index contributed by atoms with van der Waals surface area (Å²) in [7, 11) is 0. The van der Waals surface area contributed by atoms with Gasteiger partial charge in [0, 0.05) is 12.1 Å². The van der Waals surface area contributed by atoms with E-state index >= 15 is 0 Å². The molecule has 2 N–H and O–H groups in total. The number of aliphatic hydroxyl groups is 1. The van der Waals surface area contributed by atoms with Crippen molar-refractivity contribution >= 4 is 0 Å². The van der Waals surface area contributed by atoms with Gasteiger partial charge in [0.1, 0.15) is 0 Å². The van der Waals surface area contributed by atoms with Crippen LogP contribution in [0.3, 0.4) is 0 Å². The molecule has 1 unspecified atom stereocenters. The molecule has 0 saturated heterocycles. The van der Waals surface area contributed by atoms with Gasteiger partial charge in [-0.25, -0.2) is 8.78 Å². The lowest BCUT2D eigenvalue weighted by Gasteiger charge is -2.42. The van der Waals surface area contributed by atoms with Gasteiger partial charge in [0.2, 0.25) is 0 Å². The number of β-amino-alcohol motifs (C(OH)–C–C–N with tert-alkyl or cyclic N) is 1. The number of benzene rings is 1. The van der Waals surface area contributed by atoms with Gasteiger partial charge in [-0.1, -0.05) is 13.0 Å². The standard InChI is InChI=1S/C14H19F2NO/c1-2-14(6-3-7-14)17-9-13(18)10-4-5-11(15)12(16)8-10/h4-5,8,13,17-18H,2-3,6-7,9H2,1H3. The highest BCUT2D eigenvalue weighted by molar-refractivity contribution is 5.20. The predicted octanol–water partition coefficient (Wildman–Crippen LogP) is 2.92. The van der Waals surface area contributed by atoms with Crippen LogP contribution in [0.2, 0.25) is 0 Å². The summed E-state index contributed by atoms with van der Waals surface area (Å²) in [6.07, 6.45) is 3.67. The van der Waals surface area contributed by atoms with Crippen molar-refractivity contribution in [3.8, 4) is 0 Å². The van der Waals surface area contributed by atoms with Gasteiger partial charge in [-0.3, -0.25) is 0 Å². The molecule has 1 aliphatic carbocycles. The Hall–Kier alpha value is -1.00. The molecule has 0 aromatic heterocycles. The third kappa shape index (κ3) is 2.70. The lowest BCUT2D eigenvalue weighted by Crippen LogP contribution is -2.51. The molecule has 2 nitrogen and oxygen atoms in total. The topological polar surface area (TPSA) is 32.3 Å². The molecule has 1 atom stereocenters. The molecule has 1 aliphatic rings. The Kier molecular flexibility index (Phi) is 3.97. The summed E-state index contributed by atoms with van der Waals surface area (Å²) >= 11 is 0. The van der Waals surface area contributed by atoms with Gasteiger partial charge in [-0.15, -0.1) is 0 Å². The van der Waals surface area contributed by atoms with Crippen LogP contribution in [-0.4, -0.2) is 17.2 Å². The molecule has 1 aromatic carbocycles. The van der Waals surface area contributed by atoms with Gasteiger partial charge in [-0.05, 0) is 43.4 Å². The van der Waals surface area contributed by atoms with E-state index in [9.17, 15) is 13.9 Å². The van der Waals surface area contributed by atoms with E-state index in [4.69, 9.17) is 0 Å². The van der Waals surface area contributed by atoms with E-state index in [1.165, 1.54) is 12.5 Å². The van der Waals surface area contributed by atoms with E-state index < -0.39 is 17.7 Å². The normalized spacial score (nSPS) is 19.3. The largest absolute Gasteiger partial charge is 0.387 e. The van der Waals surface area contributed by atoms with Crippen LogP contribution in [0.25, 0.3) is 0 Å². The van der Waals surface area contributed by atoms with Gasteiger partial charge in [0.25, 0.3) is 0 Å². The highest BCUT2D eigenvalue weighted by atomic mass is 19.2. The zero-order valence-corrected chi connectivity index (χ0v) is 10.5. The van der Waals surface area contributed by atoms with Crippen LogP contribution in [0.5, 0.6) is 0 Å². The zero-order valence-electron chi connectivity index (χ0n) is 10.5. The van der Waals surface area contributed by atoms with Crippen molar-refractivity contribution in [3.05, 3.63) is 35.4 Å². The Morgan fingerprint density at radius 3 is 2.56 bits per heavy atom. The van der Waals surface area contributed by atoms with Crippen LogP contribution in [0.4, 0.5) is 8.78 Å². The SMILES string of the molecule is CCC1(NCC(O)c2ccc(F)c(F)c2)CCC1. The first-order valence-corrected chi connectivity index (χ1v) is 6.44. The molecule has 1 saturated carbocycles. The maximum atomic E-state index is 13.1. The molecule has 18 heavy (non-hydrogen) atoms. The lowest BCUT2D eigenvalue weighted by molar-refractivity contribution is 0.119. The number of hydrogen-bond donors (Lipinski definition) is 2. The van der Waals surface area contributed by atoms with Crippen molar-refractivity contribution in [2.75, 3.05) is 6.54 Å². The average molecular weight is 255 g/mol. The second kappa shape index (κ2) is 5.33. The molecule has 0 heterocycles. The molecule has 0 bridgehead atoms. The smallest absolute Gasteiger partial charge is 0.159 e. The molecular formula is C14H19F2NO. The third-order valence-electron chi connectivity index (χ3n) is 3.99. The van der Waals surface area contributed by atoms with Crippen molar-refractivity contribution in [2.45, 2.75) is 44.2 Å². The summed E-state index contributed by atoms with van der Waals surface area (Å²) in [5, 5.41) is 13.3. The Balaban J connectivity index is 1.94. The highest BCUT2D eigenvalue weighted by Gasteiger charge is 2.34. The number of nitrogens with one attached hydrogen (secondary N) is 1. The van der Waals surface area contributed by atoms with Crippen LogP contribution < -0.4 is 5.32 Å². The van der Waals surface area contributed by atoms with Crippen LogP contribution in [0, 0.1) is 11.6 Å². The fourth-order valence-electron chi connectivity index (χ4n) is 2.41. The van der Waals surface area contributed by atoms with Gasteiger partial charge in [0.15, 0.2) is 11.6 Å². The Bertz CT molecular complexity index is 413. The third-order valence-corrected chi connectivity index (χ3v) is 3.99. The number of halogens is 2. The van der Waals surface area contributed by atoms with Crippen molar-refractivity contribution in [2.24, 2.45) is 0 Å². The quantitative estimate of drug-likeness (QED) is 0.848. The second-order valence-corrected chi connectivity index (χ2v) is 5.06. The van der Waals surface area contributed by atoms with Gasteiger partial charge in [-0.2, -0.15) is 0 Å². The van der Waals surface area contributed by atoms with Crippen LogP contribution in [0.15, 0.2) is 18.2 Å². The second-order valence-electron chi connectivity index (χ2n) is 5.06. The van der Waals surface area contributed by atoms with Crippen LogP contribution in [0.1, 0.15) is 44.3 Å². The van der Waals surface area contributed by atoms with Crippen LogP contribution in [-0.2, 0) is 0 Å². The minimum Gasteiger partial charge on any atom is -0.387 e. The van der Waals surface area contributed by atoms with Gasteiger partial charge in [0.05, 0.1) is 6.10 Å². The molecule has 100 valence electrons. The van der Waals surface area contributed by atoms with Crippen molar-refractivity contribution < 1.29 is 13.9 Å². The fourth-order valence-corrected chi connectivity index (χ4v) is 2.41. The molecule has 0 aliphatic heterocycles. The molecule has 0 spiro atoms. The minimum absolute atomic E-state index is 0.138. The number of aliphatic hydroxyl groups excluding tert-OH is 1. The maximum Gasteiger partial charge on any atom is 0.159 e. The van der Waals surface area contributed by atoms with E-state index in [0.29, 0.717) is 12.1 Å². The first-order chi connectivity index (χ1) is 8.56. The van der Waals surface area contributed by atoms with Gasteiger partial charge < -0.3 is 10.4 Å². The van der Waals surface area contributed by atoms with Crippen LogP contribution >= 0.6 is 0 Å². The maximum absolute atomic E-state index is 13.1. The Morgan fingerprint density at radius 1 is 1.33 bits per heavy atom. The Morgan fingerprint density at radius 2 is 2.06 bits per heavy atom. The van der Waals surface area contributed by atoms with Crippen molar-refractivity contribution in [1.82, 2.24) is 5.32 Å². The van der Waals surface area contributed by atoms with Crippen molar-refractivity contribution in [1.29, 1.82) is 0 Å². The summed E-state index contributed by atoms with van der Waals surface area (Å²) in [5.41, 5.74) is 0.548. The van der Waals surface area contributed by atoms with E-state index in [1.54, 1.807) is 0 Å². The summed E-state index contributed by atoms with van der Waals surface area (Å²) in [4.78, 5) is 0. The molecule has 2 rings (SSSR count). The summed E-state index contributed by atoms with van der Waals surface area (Å²) in [5.74, 6) is -1.80. The summed E-state index contributed by atoms with van der Waals surface area (Å²) < 4.78 is 25.8. The monoisotopic (exact) mass is 255 g/mol. The average Bonchev–Trinajstić information content (AvgIpc) is 2.31. The Labute approximate surface area is 106 Å². The predicted molar refractivity (Wildman–Crippen MR) is 66.2 cm³/mol. The van der Waals surface area contributed by atoms with E-state index in [1.807, 2.05) is 0 Å². The van der Waals surface area contributed by atoms with Crippen molar-refractivity contribution in [3.63, 3.8) is 0 Å². The first kappa shape index (κ1) is 13.4. The summed E-state index contributed by atoms with van der Waals surface area (Å²) in [6.45, 7) is 2.50. The van der Waals surface area contributed by atoms with E-state index in [2.05, 4.69) is 12.2 Å². The molecule has 0 amide bonds. The molecule has 1 aromatic rings. The zero-order chi connectivity index (χ0) is 13.2.